The monoisotopic (exact) mass is 313 g/mol. The summed E-state index contributed by atoms with van der Waals surface area (Å²) in [6.45, 7) is 4.71. The van der Waals surface area contributed by atoms with E-state index in [9.17, 15) is 4.79 Å². The lowest BCUT2D eigenvalue weighted by atomic mass is 9.84. The van der Waals surface area contributed by atoms with Gasteiger partial charge < -0.3 is 14.8 Å². The molecule has 0 radical (unpaired) electrons. The molecule has 0 heterocycles. The van der Waals surface area contributed by atoms with Crippen LogP contribution in [0.15, 0.2) is 48.5 Å². The van der Waals surface area contributed by atoms with Gasteiger partial charge in [0.1, 0.15) is 11.5 Å². The molecule has 2 aromatic rings. The maximum atomic E-state index is 12.4. The van der Waals surface area contributed by atoms with Gasteiger partial charge >= 0.3 is 0 Å². The number of nitrogens with one attached hydrogen (secondary N) is 1. The molecule has 122 valence electrons. The second-order valence-corrected chi connectivity index (χ2v) is 6.00. The van der Waals surface area contributed by atoms with Crippen LogP contribution in [0.3, 0.4) is 0 Å². The summed E-state index contributed by atoms with van der Waals surface area (Å²) in [5, 5.41) is 2.99. The van der Waals surface area contributed by atoms with Gasteiger partial charge in [-0.05, 0) is 29.8 Å². The van der Waals surface area contributed by atoms with Crippen LogP contribution >= 0.6 is 0 Å². The van der Waals surface area contributed by atoms with Crippen molar-refractivity contribution in [1.29, 1.82) is 0 Å². The van der Waals surface area contributed by atoms with Gasteiger partial charge in [0.2, 0.25) is 0 Å². The van der Waals surface area contributed by atoms with Crippen LogP contribution in [0.2, 0.25) is 0 Å². The number of rotatable bonds is 6. The van der Waals surface area contributed by atoms with Crippen LogP contribution in [0.4, 0.5) is 0 Å². The molecule has 0 aliphatic heterocycles. The van der Waals surface area contributed by atoms with Crippen molar-refractivity contribution < 1.29 is 14.3 Å². The zero-order chi connectivity index (χ0) is 16.9. The van der Waals surface area contributed by atoms with Crippen LogP contribution in [0, 0.1) is 0 Å². The number of ether oxygens (including phenoxy) is 2. The standard InChI is InChI=1S/C19H23NO3/c1-19(2,14-9-11-15(22-3)12-10-14)13-20-18(21)16-7-5-6-8-17(16)23-4/h5-12H,13H2,1-4H3,(H,20,21). The molecule has 4 nitrogen and oxygen atoms in total. The molecule has 0 aliphatic rings. The summed E-state index contributed by atoms with van der Waals surface area (Å²) in [5.41, 5.74) is 1.49. The lowest BCUT2D eigenvalue weighted by Gasteiger charge is -2.26. The minimum Gasteiger partial charge on any atom is -0.497 e. The Morgan fingerprint density at radius 3 is 2.26 bits per heavy atom. The van der Waals surface area contributed by atoms with Gasteiger partial charge in [0.25, 0.3) is 5.91 Å². The highest BCUT2D eigenvalue weighted by Crippen LogP contribution is 2.25. The maximum Gasteiger partial charge on any atom is 0.255 e. The molecular weight excluding hydrogens is 290 g/mol. The molecule has 0 bridgehead atoms. The fourth-order valence-electron chi connectivity index (χ4n) is 2.37. The number of methoxy groups -OCH3 is 2. The number of hydrogen-bond acceptors (Lipinski definition) is 3. The molecule has 1 amide bonds. The van der Waals surface area contributed by atoms with Crippen molar-refractivity contribution in [3.05, 3.63) is 59.7 Å². The first-order chi connectivity index (χ1) is 11.0. The third-order valence-corrected chi connectivity index (χ3v) is 3.91. The normalized spacial score (nSPS) is 11.0. The maximum absolute atomic E-state index is 12.4. The first-order valence-electron chi connectivity index (χ1n) is 7.53. The second-order valence-electron chi connectivity index (χ2n) is 6.00. The Balaban J connectivity index is 2.07. The molecule has 1 N–H and O–H groups in total. The summed E-state index contributed by atoms with van der Waals surface area (Å²) in [6.07, 6.45) is 0. The van der Waals surface area contributed by atoms with Gasteiger partial charge in [0.05, 0.1) is 19.8 Å². The first-order valence-corrected chi connectivity index (χ1v) is 7.53. The average Bonchev–Trinajstić information content (AvgIpc) is 2.59. The highest BCUT2D eigenvalue weighted by atomic mass is 16.5. The summed E-state index contributed by atoms with van der Waals surface area (Å²) >= 11 is 0. The van der Waals surface area contributed by atoms with Gasteiger partial charge in [-0.2, -0.15) is 0 Å². The van der Waals surface area contributed by atoms with E-state index in [-0.39, 0.29) is 11.3 Å². The SMILES string of the molecule is COc1ccc(C(C)(C)CNC(=O)c2ccccc2OC)cc1. The lowest BCUT2D eigenvalue weighted by molar-refractivity contribution is 0.0942. The summed E-state index contributed by atoms with van der Waals surface area (Å²) in [4.78, 5) is 12.4. The van der Waals surface area contributed by atoms with Crippen molar-refractivity contribution in [1.82, 2.24) is 5.32 Å². The Morgan fingerprint density at radius 2 is 1.65 bits per heavy atom. The summed E-state index contributed by atoms with van der Waals surface area (Å²) in [7, 11) is 3.21. The van der Waals surface area contributed by atoms with Crippen LogP contribution in [-0.4, -0.2) is 26.7 Å². The molecule has 0 aliphatic carbocycles. The minimum atomic E-state index is -0.191. The van der Waals surface area contributed by atoms with Crippen molar-refractivity contribution in [3.63, 3.8) is 0 Å². The molecule has 0 spiro atoms. The van der Waals surface area contributed by atoms with Gasteiger partial charge in [0, 0.05) is 12.0 Å². The molecule has 0 unspecified atom stereocenters. The van der Waals surface area contributed by atoms with Crippen molar-refractivity contribution in [2.45, 2.75) is 19.3 Å². The third kappa shape index (κ3) is 4.03. The van der Waals surface area contributed by atoms with E-state index in [1.165, 1.54) is 0 Å². The van der Waals surface area contributed by atoms with E-state index in [1.54, 1.807) is 26.4 Å². The van der Waals surface area contributed by atoms with Gasteiger partial charge in [-0.3, -0.25) is 4.79 Å². The van der Waals surface area contributed by atoms with E-state index in [2.05, 4.69) is 19.2 Å². The van der Waals surface area contributed by atoms with E-state index < -0.39 is 0 Å². The molecule has 2 rings (SSSR count). The summed E-state index contributed by atoms with van der Waals surface area (Å²) in [6, 6.07) is 15.1. The smallest absolute Gasteiger partial charge is 0.255 e. The van der Waals surface area contributed by atoms with Crippen molar-refractivity contribution in [2.75, 3.05) is 20.8 Å². The quantitative estimate of drug-likeness (QED) is 0.889. The van der Waals surface area contributed by atoms with Gasteiger partial charge in [0.15, 0.2) is 0 Å². The number of hydrogen-bond donors (Lipinski definition) is 1. The Labute approximate surface area is 137 Å². The fraction of sp³-hybridized carbons (Fsp3) is 0.316. The Hall–Kier alpha value is -2.49. The third-order valence-electron chi connectivity index (χ3n) is 3.91. The molecule has 4 heteroatoms. The molecular formula is C19H23NO3. The molecule has 0 saturated heterocycles. The second kappa shape index (κ2) is 7.18. The van der Waals surface area contributed by atoms with Gasteiger partial charge in [-0.25, -0.2) is 0 Å². The van der Waals surface area contributed by atoms with Crippen LogP contribution in [-0.2, 0) is 5.41 Å². The number of amides is 1. The number of para-hydroxylation sites is 1. The van der Waals surface area contributed by atoms with Crippen molar-refractivity contribution in [3.8, 4) is 11.5 Å². The van der Waals surface area contributed by atoms with E-state index in [0.29, 0.717) is 17.9 Å². The van der Waals surface area contributed by atoms with Crippen LogP contribution in [0.1, 0.15) is 29.8 Å². The van der Waals surface area contributed by atoms with Crippen molar-refractivity contribution in [2.24, 2.45) is 0 Å². The predicted molar refractivity (Wildman–Crippen MR) is 91.3 cm³/mol. The Morgan fingerprint density at radius 1 is 1.00 bits per heavy atom. The zero-order valence-electron chi connectivity index (χ0n) is 14.1. The molecule has 23 heavy (non-hydrogen) atoms. The molecule has 0 fully saturated rings. The van der Waals surface area contributed by atoms with E-state index in [1.807, 2.05) is 36.4 Å². The summed E-state index contributed by atoms with van der Waals surface area (Å²) < 4.78 is 10.4. The topological polar surface area (TPSA) is 47.6 Å². The average molecular weight is 313 g/mol. The molecule has 0 atom stereocenters. The van der Waals surface area contributed by atoms with E-state index in [4.69, 9.17) is 9.47 Å². The van der Waals surface area contributed by atoms with E-state index >= 15 is 0 Å². The van der Waals surface area contributed by atoms with Crippen LogP contribution < -0.4 is 14.8 Å². The fourth-order valence-corrected chi connectivity index (χ4v) is 2.37. The number of carbonyl (C=O) groups is 1. The molecule has 0 aromatic heterocycles. The van der Waals surface area contributed by atoms with Crippen LogP contribution in [0.5, 0.6) is 11.5 Å². The highest BCUT2D eigenvalue weighted by molar-refractivity contribution is 5.96. The Bertz CT molecular complexity index is 663. The predicted octanol–water partition coefficient (Wildman–Crippen LogP) is 3.41. The Kier molecular flexibility index (Phi) is 5.27. The van der Waals surface area contributed by atoms with Gasteiger partial charge in [-0.15, -0.1) is 0 Å². The molecule has 0 saturated carbocycles. The highest BCUT2D eigenvalue weighted by Gasteiger charge is 2.22. The molecule has 2 aromatic carbocycles. The number of carbonyl (C=O) groups excluding carboxylic acids is 1. The minimum absolute atomic E-state index is 0.135. The van der Waals surface area contributed by atoms with E-state index in [0.717, 1.165) is 11.3 Å². The van der Waals surface area contributed by atoms with Crippen molar-refractivity contribution >= 4 is 5.91 Å². The first kappa shape index (κ1) is 16.9. The number of benzene rings is 2. The zero-order valence-corrected chi connectivity index (χ0v) is 14.1. The van der Waals surface area contributed by atoms with Gasteiger partial charge in [-0.1, -0.05) is 38.1 Å². The largest absolute Gasteiger partial charge is 0.497 e. The lowest BCUT2D eigenvalue weighted by Crippen LogP contribution is -2.36. The summed E-state index contributed by atoms with van der Waals surface area (Å²) in [5.74, 6) is 1.26. The van der Waals surface area contributed by atoms with Crippen LogP contribution in [0.25, 0.3) is 0 Å².